The molecule has 0 bridgehead atoms. The summed E-state index contributed by atoms with van der Waals surface area (Å²) >= 11 is 1.48. The number of benzene rings is 1. The van der Waals surface area contributed by atoms with Crippen LogP contribution in [0.25, 0.3) is 0 Å². The first kappa shape index (κ1) is 9.16. The normalized spacial score (nSPS) is 10.1. The number of hydrogen-bond acceptors (Lipinski definition) is 2. The fourth-order valence-electron chi connectivity index (χ4n) is 1.25. The van der Waals surface area contributed by atoms with Crippen LogP contribution in [0.15, 0.2) is 41.8 Å². The Morgan fingerprint density at radius 2 is 1.86 bits per heavy atom. The van der Waals surface area contributed by atoms with Gasteiger partial charge in [-0.15, -0.1) is 11.3 Å². The highest BCUT2D eigenvalue weighted by molar-refractivity contribution is 7.12. The van der Waals surface area contributed by atoms with Gasteiger partial charge < -0.3 is 0 Å². The van der Waals surface area contributed by atoms with E-state index in [0.29, 0.717) is 0 Å². The quantitative estimate of drug-likeness (QED) is 0.681. The van der Waals surface area contributed by atoms with E-state index in [-0.39, 0.29) is 5.78 Å². The summed E-state index contributed by atoms with van der Waals surface area (Å²) in [6.45, 7) is 2.01. The Labute approximate surface area is 87.0 Å². The van der Waals surface area contributed by atoms with Crippen LogP contribution in [0.3, 0.4) is 0 Å². The molecular weight excluding hydrogens is 191 g/mol. The van der Waals surface area contributed by atoms with Crippen molar-refractivity contribution in [2.75, 3.05) is 0 Å². The van der Waals surface area contributed by atoms with E-state index in [1.807, 2.05) is 48.7 Å². The summed E-state index contributed by atoms with van der Waals surface area (Å²) in [6.07, 6.45) is 0. The number of hydrogen-bond donors (Lipinski definition) is 0. The molecule has 2 rings (SSSR count). The van der Waals surface area contributed by atoms with Crippen LogP contribution < -0.4 is 0 Å². The Morgan fingerprint density at radius 1 is 1.14 bits per heavy atom. The van der Waals surface area contributed by atoms with Crippen LogP contribution in [0, 0.1) is 6.92 Å². The van der Waals surface area contributed by atoms with Crippen LogP contribution in [-0.2, 0) is 0 Å². The number of ketones is 1. The Kier molecular flexibility index (Phi) is 2.46. The number of carbonyl (C=O) groups excluding carboxylic acids is 1. The molecule has 1 aromatic heterocycles. The lowest BCUT2D eigenvalue weighted by Gasteiger charge is -1.98. The summed E-state index contributed by atoms with van der Waals surface area (Å²) in [7, 11) is 0. The van der Waals surface area contributed by atoms with Crippen molar-refractivity contribution >= 4 is 17.1 Å². The Bertz CT molecular complexity index is 426. The third kappa shape index (κ3) is 1.75. The number of thiophene rings is 1. The van der Waals surface area contributed by atoms with Crippen LogP contribution in [0.2, 0.25) is 0 Å². The van der Waals surface area contributed by atoms with E-state index in [1.54, 1.807) is 0 Å². The van der Waals surface area contributed by atoms with Gasteiger partial charge in [0.05, 0.1) is 4.88 Å². The smallest absolute Gasteiger partial charge is 0.202 e. The van der Waals surface area contributed by atoms with Gasteiger partial charge in [0, 0.05) is 5.56 Å². The topological polar surface area (TPSA) is 17.1 Å². The van der Waals surface area contributed by atoms with E-state index in [0.717, 1.165) is 10.4 Å². The van der Waals surface area contributed by atoms with Gasteiger partial charge in [-0.2, -0.15) is 0 Å². The van der Waals surface area contributed by atoms with Crippen molar-refractivity contribution in [2.45, 2.75) is 6.92 Å². The maximum absolute atomic E-state index is 11.8. The van der Waals surface area contributed by atoms with Crippen molar-refractivity contribution in [3.63, 3.8) is 0 Å². The molecule has 0 aliphatic carbocycles. The predicted octanol–water partition coefficient (Wildman–Crippen LogP) is 3.29. The fourth-order valence-corrected chi connectivity index (χ4v) is 1.94. The molecule has 0 saturated heterocycles. The molecule has 0 radical (unpaired) electrons. The maximum Gasteiger partial charge on any atom is 0.202 e. The lowest BCUT2D eigenvalue weighted by Crippen LogP contribution is -1.97. The summed E-state index contributed by atoms with van der Waals surface area (Å²) in [5, 5.41) is 1.92. The molecule has 1 aromatic carbocycles. The van der Waals surface area contributed by atoms with Gasteiger partial charge in [-0.3, -0.25) is 4.79 Å². The van der Waals surface area contributed by atoms with Gasteiger partial charge in [0.2, 0.25) is 5.78 Å². The minimum Gasteiger partial charge on any atom is -0.288 e. The molecule has 0 aliphatic rings. The second kappa shape index (κ2) is 3.76. The van der Waals surface area contributed by atoms with Crippen molar-refractivity contribution in [1.29, 1.82) is 0 Å². The van der Waals surface area contributed by atoms with Crippen LogP contribution in [0.4, 0.5) is 0 Å². The van der Waals surface area contributed by atoms with Crippen LogP contribution >= 0.6 is 11.3 Å². The Morgan fingerprint density at radius 3 is 2.43 bits per heavy atom. The standard InChI is InChI=1S/C12H10OS/c1-9-4-6-10(7-5-9)12(13)11-3-2-8-14-11/h2-8H,1H3/i12-1. The average Bonchev–Trinajstić information content (AvgIpc) is 2.71. The zero-order valence-corrected chi connectivity index (χ0v) is 8.67. The zero-order valence-electron chi connectivity index (χ0n) is 7.86. The molecule has 0 fully saturated rings. The van der Waals surface area contributed by atoms with E-state index in [1.165, 1.54) is 16.9 Å². The summed E-state index contributed by atoms with van der Waals surface area (Å²) in [5.74, 6) is 0.111. The van der Waals surface area contributed by atoms with Gasteiger partial charge >= 0.3 is 0 Å². The highest BCUT2D eigenvalue weighted by Crippen LogP contribution is 2.15. The third-order valence-electron chi connectivity index (χ3n) is 2.06. The number of rotatable bonds is 2. The van der Waals surface area contributed by atoms with Crippen molar-refractivity contribution in [3.8, 4) is 0 Å². The molecule has 0 amide bonds. The van der Waals surface area contributed by atoms with E-state index < -0.39 is 0 Å². The fraction of sp³-hybridized carbons (Fsp3) is 0.0833. The second-order valence-corrected chi connectivity index (χ2v) is 4.12. The van der Waals surface area contributed by atoms with E-state index >= 15 is 0 Å². The second-order valence-electron chi connectivity index (χ2n) is 3.17. The predicted molar refractivity (Wildman–Crippen MR) is 58.9 cm³/mol. The van der Waals surface area contributed by atoms with E-state index in [9.17, 15) is 4.79 Å². The monoisotopic (exact) mass is 201 g/mol. The van der Waals surface area contributed by atoms with Crippen molar-refractivity contribution in [3.05, 3.63) is 57.8 Å². The number of carbonyl (C=O) groups is 1. The molecule has 0 unspecified atom stereocenters. The van der Waals surface area contributed by atoms with Crippen molar-refractivity contribution in [2.24, 2.45) is 0 Å². The molecule has 2 heteroatoms. The lowest BCUT2D eigenvalue weighted by atomic mass is 9.75. The van der Waals surface area contributed by atoms with Crippen LogP contribution in [0.1, 0.15) is 20.8 Å². The largest absolute Gasteiger partial charge is 0.288 e. The summed E-state index contributed by atoms with van der Waals surface area (Å²) in [4.78, 5) is 12.6. The van der Waals surface area contributed by atoms with Gasteiger partial charge in [-0.05, 0) is 18.4 Å². The lowest BCUT2D eigenvalue weighted by molar-refractivity contribution is 0.104. The summed E-state index contributed by atoms with van der Waals surface area (Å²) in [6, 6.07) is 11.4. The zero-order chi connectivity index (χ0) is 9.97. The minimum atomic E-state index is 0.111. The molecule has 0 saturated carbocycles. The van der Waals surface area contributed by atoms with E-state index in [4.69, 9.17) is 0 Å². The first-order valence-corrected chi connectivity index (χ1v) is 5.30. The van der Waals surface area contributed by atoms with Gasteiger partial charge in [0.1, 0.15) is 0 Å². The molecule has 14 heavy (non-hydrogen) atoms. The van der Waals surface area contributed by atoms with Gasteiger partial charge in [-0.25, -0.2) is 0 Å². The van der Waals surface area contributed by atoms with Crippen LogP contribution in [-0.4, -0.2) is 5.78 Å². The molecule has 0 atom stereocenters. The summed E-state index contributed by atoms with van der Waals surface area (Å²) < 4.78 is 0. The molecule has 0 aliphatic heterocycles. The first-order valence-electron chi connectivity index (χ1n) is 4.42. The average molecular weight is 201 g/mol. The minimum absolute atomic E-state index is 0.111. The van der Waals surface area contributed by atoms with Gasteiger partial charge in [0.15, 0.2) is 0 Å². The molecule has 2 aromatic rings. The first-order chi connectivity index (χ1) is 6.77. The SMILES string of the molecule is Cc1ccc([11C](=O)c2cccs2)cc1. The van der Waals surface area contributed by atoms with Crippen molar-refractivity contribution < 1.29 is 4.79 Å². The molecule has 1 nitrogen and oxygen atoms in total. The molecular formula is C12H10OS. The van der Waals surface area contributed by atoms with Gasteiger partial charge in [-0.1, -0.05) is 35.9 Å². The Balaban J connectivity index is 2.33. The van der Waals surface area contributed by atoms with Crippen LogP contribution in [0.5, 0.6) is 0 Å². The number of aryl methyl sites for hydroxylation is 1. The highest BCUT2D eigenvalue weighted by atomic mass is 32.1. The van der Waals surface area contributed by atoms with Crippen molar-refractivity contribution in [1.82, 2.24) is 0 Å². The molecule has 0 spiro atoms. The Hall–Kier alpha value is -1.41. The maximum atomic E-state index is 11.8. The molecule has 0 N–H and O–H groups in total. The molecule has 1 heterocycles. The van der Waals surface area contributed by atoms with E-state index in [2.05, 4.69) is 0 Å². The summed E-state index contributed by atoms with van der Waals surface area (Å²) in [5.41, 5.74) is 1.94. The highest BCUT2D eigenvalue weighted by Gasteiger charge is 2.08. The van der Waals surface area contributed by atoms with Gasteiger partial charge in [0.25, 0.3) is 0 Å². The molecule has 70 valence electrons. The third-order valence-corrected chi connectivity index (χ3v) is 2.93.